The summed E-state index contributed by atoms with van der Waals surface area (Å²) >= 11 is 0. The molecule has 0 aromatic heterocycles. The monoisotopic (exact) mass is 426 g/mol. The summed E-state index contributed by atoms with van der Waals surface area (Å²) in [6, 6.07) is 0. The molecule has 0 spiro atoms. The number of ketones is 2. The summed E-state index contributed by atoms with van der Waals surface area (Å²) in [6.45, 7) is 11.2. The largest absolute Gasteiger partial charge is 0.346 e. The number of hydrogen-bond acceptors (Lipinski definition) is 4. The van der Waals surface area contributed by atoms with Crippen LogP contribution < -0.4 is 0 Å². The molecule has 0 bridgehead atoms. The van der Waals surface area contributed by atoms with E-state index < -0.39 is 5.60 Å². The first-order chi connectivity index (χ1) is 14.7. The number of Topliss-reactive ketones (excluding diaryl/α,β-unsaturated/α-hetero) is 1. The zero-order valence-corrected chi connectivity index (χ0v) is 19.8. The molecule has 4 nitrogen and oxygen atoms in total. The lowest BCUT2D eigenvalue weighted by Crippen LogP contribution is -2.61. The van der Waals surface area contributed by atoms with E-state index in [2.05, 4.69) is 33.8 Å². The Hall–Kier alpha value is -1.26. The second kappa shape index (κ2) is 7.12. The van der Waals surface area contributed by atoms with Crippen LogP contribution >= 0.6 is 0 Å². The molecular weight excluding hydrogens is 388 g/mol. The first-order valence-corrected chi connectivity index (χ1v) is 12.5. The molecule has 0 aromatic rings. The maximum absolute atomic E-state index is 13.6. The third-order valence-corrected chi connectivity index (χ3v) is 9.86. The fourth-order valence-corrected chi connectivity index (χ4v) is 8.83. The maximum Gasteiger partial charge on any atom is 0.178 e. The van der Waals surface area contributed by atoms with Crippen molar-refractivity contribution < 1.29 is 19.1 Å². The van der Waals surface area contributed by atoms with E-state index in [4.69, 9.17) is 9.47 Å². The summed E-state index contributed by atoms with van der Waals surface area (Å²) in [7, 11) is 0. The lowest BCUT2D eigenvalue weighted by atomic mass is 9.44. The van der Waals surface area contributed by atoms with Crippen LogP contribution in [0.3, 0.4) is 0 Å². The molecule has 3 saturated carbocycles. The van der Waals surface area contributed by atoms with Gasteiger partial charge >= 0.3 is 0 Å². The van der Waals surface area contributed by atoms with Gasteiger partial charge in [-0.05, 0) is 67.9 Å². The van der Waals surface area contributed by atoms with Gasteiger partial charge in [0.15, 0.2) is 23.5 Å². The molecule has 1 aliphatic heterocycles. The average molecular weight is 427 g/mol. The molecular formula is C27H38O4. The van der Waals surface area contributed by atoms with Gasteiger partial charge in [-0.1, -0.05) is 52.7 Å². The predicted molar refractivity (Wildman–Crippen MR) is 119 cm³/mol. The van der Waals surface area contributed by atoms with Crippen LogP contribution in [-0.4, -0.2) is 29.6 Å². The number of carbonyl (C=O) groups excluding carboxylic acids is 2. The quantitative estimate of drug-likeness (QED) is 0.603. The fraction of sp³-hybridized carbons (Fsp3) is 0.778. The standard InChI is InChI=1S/C27H38O4/c1-6-8-23-30-22-14-20-19-10-9-17-13-18(28)11-12-25(17,4)24(19)16(3)15-26(20,5)27(22,31-23)21(29)7-2/h11-13,16,19-20,22-24H,6-10,14-15H2,1-5H3/t16-,19?,20?,22+,23?,24?,25?,26?,27+/m0/s1. The molecule has 0 amide bonds. The Morgan fingerprint density at radius 1 is 1.26 bits per heavy atom. The number of ether oxygens (including phenoxy) is 2. The van der Waals surface area contributed by atoms with Crippen molar-refractivity contribution in [3.8, 4) is 0 Å². The molecule has 1 heterocycles. The van der Waals surface area contributed by atoms with Gasteiger partial charge in [-0.2, -0.15) is 0 Å². The minimum Gasteiger partial charge on any atom is -0.346 e. The topological polar surface area (TPSA) is 52.6 Å². The van der Waals surface area contributed by atoms with Gasteiger partial charge in [-0.15, -0.1) is 0 Å². The van der Waals surface area contributed by atoms with Crippen molar-refractivity contribution in [2.45, 2.75) is 97.6 Å². The van der Waals surface area contributed by atoms with E-state index in [1.807, 2.05) is 13.0 Å². The summed E-state index contributed by atoms with van der Waals surface area (Å²) in [5.74, 6) is 2.25. The first-order valence-electron chi connectivity index (χ1n) is 12.5. The molecule has 4 fully saturated rings. The van der Waals surface area contributed by atoms with Gasteiger partial charge in [-0.3, -0.25) is 9.59 Å². The number of carbonyl (C=O) groups is 2. The zero-order chi connectivity index (χ0) is 22.2. The van der Waals surface area contributed by atoms with Crippen molar-refractivity contribution in [2.24, 2.45) is 34.5 Å². The Balaban J connectivity index is 1.55. The Kier molecular flexibility index (Phi) is 4.95. The summed E-state index contributed by atoms with van der Waals surface area (Å²) in [5, 5.41) is 0. The van der Waals surface area contributed by atoms with E-state index in [1.165, 1.54) is 5.57 Å². The average Bonchev–Trinajstić information content (AvgIpc) is 3.20. The molecule has 5 rings (SSSR count). The van der Waals surface area contributed by atoms with Crippen LogP contribution in [0.15, 0.2) is 23.8 Å². The summed E-state index contributed by atoms with van der Waals surface area (Å²) < 4.78 is 13.1. The van der Waals surface area contributed by atoms with Crippen molar-refractivity contribution in [2.75, 3.05) is 0 Å². The summed E-state index contributed by atoms with van der Waals surface area (Å²) in [4.78, 5) is 25.6. The SMILES string of the molecule is CCCC1O[C@@H]2CC3C4CCC5=CC(=O)C=CC5(C)C4[C@@H](C)CC3(C)[C@]2(C(=O)CC)O1. The number of rotatable bonds is 4. The van der Waals surface area contributed by atoms with Gasteiger partial charge in [0, 0.05) is 17.3 Å². The molecule has 5 aliphatic rings. The minimum atomic E-state index is -0.791. The Morgan fingerprint density at radius 3 is 2.74 bits per heavy atom. The summed E-state index contributed by atoms with van der Waals surface area (Å²) in [5.41, 5.74) is 0.272. The van der Waals surface area contributed by atoms with Crippen molar-refractivity contribution >= 4 is 11.6 Å². The highest BCUT2D eigenvalue weighted by molar-refractivity contribution is 6.01. The van der Waals surface area contributed by atoms with E-state index in [0.717, 1.165) is 38.5 Å². The Bertz CT molecular complexity index is 857. The lowest BCUT2D eigenvalue weighted by Gasteiger charge is -2.60. The van der Waals surface area contributed by atoms with Gasteiger partial charge in [0.1, 0.15) is 0 Å². The van der Waals surface area contributed by atoms with Gasteiger partial charge in [0.25, 0.3) is 0 Å². The van der Waals surface area contributed by atoms with Crippen molar-refractivity contribution in [1.82, 2.24) is 0 Å². The normalized spacial score (nSPS) is 50.4. The highest BCUT2D eigenvalue weighted by atomic mass is 16.7. The van der Waals surface area contributed by atoms with Crippen LogP contribution in [0.5, 0.6) is 0 Å². The fourth-order valence-electron chi connectivity index (χ4n) is 8.83. The van der Waals surface area contributed by atoms with Gasteiger partial charge in [0.05, 0.1) is 6.10 Å². The molecule has 0 aromatic carbocycles. The van der Waals surface area contributed by atoms with Crippen LogP contribution in [0.4, 0.5) is 0 Å². The highest BCUT2D eigenvalue weighted by Gasteiger charge is 2.75. The molecule has 9 atom stereocenters. The van der Waals surface area contributed by atoms with Gasteiger partial charge < -0.3 is 9.47 Å². The van der Waals surface area contributed by atoms with E-state index >= 15 is 0 Å². The van der Waals surface area contributed by atoms with Crippen LogP contribution in [-0.2, 0) is 19.1 Å². The first kappa shape index (κ1) is 21.6. The third kappa shape index (κ3) is 2.67. The minimum absolute atomic E-state index is 0.0519. The summed E-state index contributed by atoms with van der Waals surface area (Å²) in [6.07, 6.45) is 11.8. The molecule has 4 aliphatic carbocycles. The number of fused-ring (bicyclic) bond motifs is 7. The zero-order valence-electron chi connectivity index (χ0n) is 19.8. The van der Waals surface area contributed by atoms with E-state index in [9.17, 15) is 9.59 Å². The predicted octanol–water partition coefficient (Wildman–Crippen LogP) is 5.41. The molecule has 170 valence electrons. The maximum atomic E-state index is 13.6. The molecule has 6 unspecified atom stereocenters. The lowest BCUT2D eigenvalue weighted by molar-refractivity contribution is -0.190. The molecule has 1 saturated heterocycles. The van der Waals surface area contributed by atoms with Gasteiger partial charge in [-0.25, -0.2) is 0 Å². The van der Waals surface area contributed by atoms with E-state index in [-0.39, 0.29) is 34.8 Å². The van der Waals surface area contributed by atoms with Crippen LogP contribution in [0, 0.1) is 34.5 Å². The third-order valence-electron chi connectivity index (χ3n) is 9.86. The molecule has 0 N–H and O–H groups in total. The van der Waals surface area contributed by atoms with E-state index in [0.29, 0.717) is 30.1 Å². The molecule has 0 radical (unpaired) electrons. The Morgan fingerprint density at radius 2 is 2.03 bits per heavy atom. The van der Waals surface area contributed by atoms with E-state index in [1.54, 1.807) is 6.08 Å². The van der Waals surface area contributed by atoms with Crippen molar-refractivity contribution in [1.29, 1.82) is 0 Å². The number of allylic oxidation sites excluding steroid dienone is 4. The number of hydrogen-bond donors (Lipinski definition) is 0. The molecule has 4 heteroatoms. The Labute approximate surface area is 186 Å². The van der Waals surface area contributed by atoms with Crippen LogP contribution in [0.25, 0.3) is 0 Å². The van der Waals surface area contributed by atoms with Crippen molar-refractivity contribution in [3.63, 3.8) is 0 Å². The van der Waals surface area contributed by atoms with Crippen LogP contribution in [0.1, 0.15) is 79.6 Å². The van der Waals surface area contributed by atoms with Crippen LogP contribution in [0.2, 0.25) is 0 Å². The second-order valence-corrected chi connectivity index (χ2v) is 11.3. The molecule has 31 heavy (non-hydrogen) atoms. The van der Waals surface area contributed by atoms with Crippen molar-refractivity contribution in [3.05, 3.63) is 23.8 Å². The second-order valence-electron chi connectivity index (χ2n) is 11.3. The smallest absolute Gasteiger partial charge is 0.178 e. The highest BCUT2D eigenvalue weighted by Crippen LogP contribution is 2.71. The van der Waals surface area contributed by atoms with Gasteiger partial charge in [0.2, 0.25) is 0 Å².